The fourth-order valence-corrected chi connectivity index (χ4v) is 2.41. The first-order valence-electron chi connectivity index (χ1n) is 10.1. The highest BCUT2D eigenvalue weighted by molar-refractivity contribution is 5.80. The molecule has 1 unspecified atom stereocenters. The maximum absolute atomic E-state index is 11.8. The van der Waals surface area contributed by atoms with E-state index < -0.39 is 18.1 Å². The second kappa shape index (κ2) is 16.2. The van der Waals surface area contributed by atoms with Crippen LogP contribution in [0, 0.1) is 5.92 Å². The van der Waals surface area contributed by atoms with E-state index in [-0.39, 0.29) is 5.92 Å². The van der Waals surface area contributed by atoms with Crippen molar-refractivity contribution >= 4 is 12.1 Å². The van der Waals surface area contributed by atoms with Crippen LogP contribution in [-0.2, 0) is 14.3 Å². The molecule has 5 heteroatoms. The third-order valence-corrected chi connectivity index (χ3v) is 3.98. The van der Waals surface area contributed by atoms with E-state index in [9.17, 15) is 9.59 Å². The summed E-state index contributed by atoms with van der Waals surface area (Å²) in [6.45, 7) is 8.52. The number of nitrogens with one attached hydrogen (secondary N) is 1. The normalized spacial score (nSPS) is 12.0. The summed E-state index contributed by atoms with van der Waals surface area (Å²) in [4.78, 5) is 23.3. The van der Waals surface area contributed by atoms with Gasteiger partial charge in [0.2, 0.25) is 0 Å². The first kappa shape index (κ1) is 23.7. The molecule has 148 valence electrons. The summed E-state index contributed by atoms with van der Waals surface area (Å²) >= 11 is 0. The summed E-state index contributed by atoms with van der Waals surface area (Å²) in [7, 11) is 0. The Hall–Kier alpha value is -1.26. The Labute approximate surface area is 154 Å². The summed E-state index contributed by atoms with van der Waals surface area (Å²) in [5.74, 6) is -0.137. The topological polar surface area (TPSA) is 64.6 Å². The average molecular weight is 358 g/mol. The predicted octanol–water partition coefficient (Wildman–Crippen LogP) is 5.22. The Morgan fingerprint density at radius 2 is 1.32 bits per heavy atom. The largest absolute Gasteiger partial charge is 0.464 e. The quantitative estimate of drug-likeness (QED) is 0.322. The molecule has 0 rings (SSSR count). The number of carbonyl (C=O) groups excluding carboxylic acids is 2. The average Bonchev–Trinajstić information content (AvgIpc) is 2.57. The third-order valence-electron chi connectivity index (χ3n) is 3.98. The zero-order chi connectivity index (χ0) is 18.9. The van der Waals surface area contributed by atoms with Crippen LogP contribution in [0.1, 0.15) is 91.9 Å². The van der Waals surface area contributed by atoms with Gasteiger partial charge in [-0.05, 0) is 19.3 Å². The lowest BCUT2D eigenvalue weighted by Crippen LogP contribution is -2.40. The number of hydrogen-bond acceptors (Lipinski definition) is 4. The third kappa shape index (κ3) is 16.0. The highest BCUT2D eigenvalue weighted by Crippen LogP contribution is 2.10. The van der Waals surface area contributed by atoms with Crippen molar-refractivity contribution in [3.63, 3.8) is 0 Å². The minimum Gasteiger partial charge on any atom is -0.464 e. The fraction of sp³-hybridized carbons (Fsp3) is 0.900. The summed E-state index contributed by atoms with van der Waals surface area (Å²) in [6, 6.07) is -0.678. The maximum atomic E-state index is 11.8. The van der Waals surface area contributed by atoms with Crippen LogP contribution in [0.4, 0.5) is 4.79 Å². The van der Waals surface area contributed by atoms with E-state index in [1.54, 1.807) is 6.92 Å². The van der Waals surface area contributed by atoms with Crippen LogP contribution in [0.5, 0.6) is 0 Å². The number of amides is 1. The van der Waals surface area contributed by atoms with Gasteiger partial charge in [-0.25, -0.2) is 9.59 Å². The molecule has 0 radical (unpaired) electrons. The molecule has 0 aliphatic carbocycles. The standard InChI is InChI=1S/C20H39NO4/c1-5-6-7-8-9-10-11-12-13-14-15-24-19(22)18(4)21-20(23)25-16-17(2)3/h17-18H,5-16H2,1-4H3,(H,21,23). The molecule has 0 fully saturated rings. The van der Waals surface area contributed by atoms with Crippen LogP contribution in [-0.4, -0.2) is 31.3 Å². The van der Waals surface area contributed by atoms with Gasteiger partial charge < -0.3 is 14.8 Å². The maximum Gasteiger partial charge on any atom is 0.407 e. The number of alkyl carbamates (subject to hydrolysis) is 1. The van der Waals surface area contributed by atoms with E-state index in [0.29, 0.717) is 13.2 Å². The summed E-state index contributed by atoms with van der Waals surface area (Å²) in [5, 5.41) is 2.49. The number of ether oxygens (including phenoxy) is 2. The van der Waals surface area contributed by atoms with Gasteiger partial charge in [0.15, 0.2) is 0 Å². The van der Waals surface area contributed by atoms with E-state index in [1.165, 1.54) is 51.4 Å². The van der Waals surface area contributed by atoms with E-state index >= 15 is 0 Å². The van der Waals surface area contributed by atoms with Crippen molar-refractivity contribution in [1.82, 2.24) is 5.32 Å². The first-order chi connectivity index (χ1) is 12.0. The highest BCUT2D eigenvalue weighted by Gasteiger charge is 2.17. The van der Waals surface area contributed by atoms with E-state index in [1.807, 2.05) is 13.8 Å². The Bertz CT molecular complexity index is 345. The van der Waals surface area contributed by atoms with Crippen molar-refractivity contribution in [3.05, 3.63) is 0 Å². The zero-order valence-electron chi connectivity index (χ0n) is 16.8. The summed E-state index contributed by atoms with van der Waals surface area (Å²) in [6.07, 6.45) is 11.9. The van der Waals surface area contributed by atoms with Crippen LogP contribution in [0.2, 0.25) is 0 Å². The molecule has 0 aromatic rings. The van der Waals surface area contributed by atoms with Gasteiger partial charge >= 0.3 is 12.1 Å². The molecule has 1 amide bonds. The first-order valence-corrected chi connectivity index (χ1v) is 10.1. The molecule has 0 aliphatic rings. The number of unbranched alkanes of at least 4 members (excludes halogenated alkanes) is 9. The van der Waals surface area contributed by atoms with Gasteiger partial charge in [0, 0.05) is 0 Å². The van der Waals surface area contributed by atoms with Gasteiger partial charge in [0.25, 0.3) is 0 Å². The lowest BCUT2D eigenvalue weighted by molar-refractivity contribution is -0.145. The number of esters is 1. The minimum absolute atomic E-state index is 0.268. The van der Waals surface area contributed by atoms with E-state index in [2.05, 4.69) is 12.2 Å². The Balaban J connectivity index is 3.49. The van der Waals surface area contributed by atoms with Crippen LogP contribution >= 0.6 is 0 Å². The van der Waals surface area contributed by atoms with Crippen molar-refractivity contribution < 1.29 is 19.1 Å². The smallest absolute Gasteiger partial charge is 0.407 e. The van der Waals surface area contributed by atoms with Gasteiger partial charge in [-0.3, -0.25) is 0 Å². The molecular formula is C20H39NO4. The summed E-state index contributed by atoms with van der Waals surface area (Å²) in [5.41, 5.74) is 0. The number of hydrogen-bond donors (Lipinski definition) is 1. The molecule has 0 aromatic carbocycles. The van der Waals surface area contributed by atoms with Crippen molar-refractivity contribution in [1.29, 1.82) is 0 Å². The van der Waals surface area contributed by atoms with Crippen molar-refractivity contribution in [2.45, 2.75) is 97.9 Å². The molecule has 0 aliphatic heterocycles. The van der Waals surface area contributed by atoms with Crippen LogP contribution in [0.25, 0.3) is 0 Å². The van der Waals surface area contributed by atoms with Gasteiger partial charge in [-0.1, -0.05) is 78.6 Å². The Morgan fingerprint density at radius 3 is 1.84 bits per heavy atom. The van der Waals surface area contributed by atoms with Gasteiger partial charge in [-0.15, -0.1) is 0 Å². The molecule has 0 bridgehead atoms. The lowest BCUT2D eigenvalue weighted by atomic mass is 10.1. The summed E-state index contributed by atoms with van der Waals surface area (Å²) < 4.78 is 10.2. The van der Waals surface area contributed by atoms with E-state index in [4.69, 9.17) is 9.47 Å². The Kier molecular flexibility index (Phi) is 15.4. The van der Waals surface area contributed by atoms with Gasteiger partial charge in [0.1, 0.15) is 6.04 Å². The number of carbonyl (C=O) groups is 2. The molecule has 1 N–H and O–H groups in total. The second-order valence-electron chi connectivity index (χ2n) is 7.21. The second-order valence-corrected chi connectivity index (χ2v) is 7.21. The van der Waals surface area contributed by atoms with Crippen LogP contribution in [0.15, 0.2) is 0 Å². The Morgan fingerprint density at radius 1 is 0.800 bits per heavy atom. The van der Waals surface area contributed by atoms with Gasteiger partial charge in [0.05, 0.1) is 13.2 Å². The molecule has 0 saturated carbocycles. The molecule has 0 spiro atoms. The molecule has 0 heterocycles. The monoisotopic (exact) mass is 357 g/mol. The van der Waals surface area contributed by atoms with Crippen LogP contribution in [0.3, 0.4) is 0 Å². The zero-order valence-corrected chi connectivity index (χ0v) is 16.8. The van der Waals surface area contributed by atoms with Crippen molar-refractivity contribution in [3.8, 4) is 0 Å². The SMILES string of the molecule is CCCCCCCCCCCCOC(=O)C(C)NC(=O)OCC(C)C. The molecule has 1 atom stereocenters. The van der Waals surface area contributed by atoms with Crippen molar-refractivity contribution in [2.75, 3.05) is 13.2 Å². The number of rotatable bonds is 15. The fourth-order valence-electron chi connectivity index (χ4n) is 2.41. The minimum atomic E-state index is -0.678. The van der Waals surface area contributed by atoms with Crippen molar-refractivity contribution in [2.24, 2.45) is 5.92 Å². The highest BCUT2D eigenvalue weighted by atomic mass is 16.6. The molecule has 0 aromatic heterocycles. The van der Waals surface area contributed by atoms with Crippen LogP contribution < -0.4 is 5.32 Å². The molecule has 0 saturated heterocycles. The lowest BCUT2D eigenvalue weighted by Gasteiger charge is -2.14. The molecule has 25 heavy (non-hydrogen) atoms. The molecule has 5 nitrogen and oxygen atoms in total. The van der Waals surface area contributed by atoms with Gasteiger partial charge in [-0.2, -0.15) is 0 Å². The predicted molar refractivity (Wildman–Crippen MR) is 102 cm³/mol. The molecular weight excluding hydrogens is 318 g/mol. The van der Waals surface area contributed by atoms with E-state index in [0.717, 1.165) is 12.8 Å².